The number of nitrogens with zero attached hydrogens (tertiary/aromatic N) is 1. The first-order valence-electron chi connectivity index (χ1n) is 10.3. The summed E-state index contributed by atoms with van der Waals surface area (Å²) in [7, 11) is 0. The van der Waals surface area contributed by atoms with E-state index in [4.69, 9.17) is 12.2 Å². The second-order valence-electron chi connectivity index (χ2n) is 6.99. The maximum atomic E-state index is 12.9. The van der Waals surface area contributed by atoms with Crippen molar-refractivity contribution in [2.45, 2.75) is 23.5 Å². The highest BCUT2D eigenvalue weighted by atomic mass is 32.2. The van der Waals surface area contributed by atoms with Crippen LogP contribution in [-0.2, 0) is 4.79 Å². The van der Waals surface area contributed by atoms with Crippen molar-refractivity contribution >= 4 is 74.2 Å². The third-order valence-corrected chi connectivity index (χ3v) is 7.79. The Morgan fingerprint density at radius 1 is 1.00 bits per heavy atom. The molecule has 1 amide bonds. The van der Waals surface area contributed by atoms with Gasteiger partial charge in [-0.1, -0.05) is 37.3 Å². The van der Waals surface area contributed by atoms with Crippen molar-refractivity contribution in [3.63, 3.8) is 0 Å². The number of nitrogens with one attached hydrogen (secondary N) is 3. The molecule has 0 saturated carbocycles. The molecule has 33 heavy (non-hydrogen) atoms. The van der Waals surface area contributed by atoms with Gasteiger partial charge in [-0.25, -0.2) is 4.98 Å². The lowest BCUT2D eigenvalue weighted by Crippen LogP contribution is -2.24. The molecule has 0 aliphatic rings. The van der Waals surface area contributed by atoms with Gasteiger partial charge in [0.15, 0.2) is 10.2 Å². The molecule has 1 atom stereocenters. The maximum absolute atomic E-state index is 12.9. The van der Waals surface area contributed by atoms with Crippen LogP contribution in [0.5, 0.6) is 0 Å². The number of rotatable bonds is 8. The summed E-state index contributed by atoms with van der Waals surface area (Å²) < 4.78 is 0. The third-order valence-electron chi connectivity index (χ3n) is 4.57. The number of thiophene rings is 1. The average Bonchev–Trinajstić information content (AvgIpc) is 3.50. The zero-order valence-corrected chi connectivity index (χ0v) is 21.0. The number of thioether (sulfide) groups is 1. The van der Waals surface area contributed by atoms with Gasteiger partial charge in [-0.3, -0.25) is 4.79 Å². The number of para-hydroxylation sites is 1. The van der Waals surface area contributed by atoms with Gasteiger partial charge in [-0.05, 0) is 60.4 Å². The number of hydrogen-bond acceptors (Lipinski definition) is 6. The number of amides is 1. The first kappa shape index (κ1) is 23.4. The fourth-order valence-corrected chi connectivity index (χ4v) is 5.73. The Morgan fingerprint density at radius 2 is 1.79 bits per heavy atom. The van der Waals surface area contributed by atoms with Crippen LogP contribution in [0.2, 0.25) is 0 Å². The van der Waals surface area contributed by atoms with E-state index < -0.39 is 0 Å². The Kier molecular flexibility index (Phi) is 8.11. The normalized spacial score (nSPS) is 11.5. The summed E-state index contributed by atoms with van der Waals surface area (Å²) in [6.45, 7) is 2.01. The van der Waals surface area contributed by atoms with E-state index in [-0.39, 0.29) is 11.2 Å². The fourth-order valence-electron chi connectivity index (χ4n) is 3.00. The van der Waals surface area contributed by atoms with Crippen LogP contribution in [0.15, 0.2) is 82.4 Å². The Bertz CT molecular complexity index is 1210. The molecule has 0 saturated heterocycles. The lowest BCUT2D eigenvalue weighted by atomic mass is 10.3. The number of hydrogen-bond donors (Lipinski definition) is 3. The Morgan fingerprint density at radius 3 is 2.55 bits per heavy atom. The number of thiocarbonyl (C=S) groups is 1. The van der Waals surface area contributed by atoms with Crippen LogP contribution in [0.4, 0.5) is 16.5 Å². The van der Waals surface area contributed by atoms with Gasteiger partial charge in [-0.2, -0.15) is 0 Å². The van der Waals surface area contributed by atoms with Crippen molar-refractivity contribution in [1.82, 2.24) is 4.98 Å². The highest BCUT2D eigenvalue weighted by Crippen LogP contribution is 2.31. The summed E-state index contributed by atoms with van der Waals surface area (Å²) in [5.74, 6) is -0.0470. The van der Waals surface area contributed by atoms with Gasteiger partial charge >= 0.3 is 0 Å². The van der Waals surface area contributed by atoms with Gasteiger partial charge in [0.1, 0.15) is 0 Å². The maximum Gasteiger partial charge on any atom is 0.239 e. The SMILES string of the molecule is CCC(Sc1cccc(NC(=S)Nc2ccccc2)c1)C(=O)Nc1nc(-c2cccs2)cs1. The minimum atomic E-state index is -0.233. The second-order valence-corrected chi connectivity index (χ2v) is 10.5. The summed E-state index contributed by atoms with van der Waals surface area (Å²) in [5, 5.41) is 14.2. The number of carbonyl (C=O) groups is 1. The number of aromatic nitrogens is 1. The number of carbonyl (C=O) groups excluding carboxylic acids is 1. The highest BCUT2D eigenvalue weighted by Gasteiger charge is 2.20. The van der Waals surface area contributed by atoms with Crippen LogP contribution in [0, 0.1) is 0 Å². The molecule has 4 aromatic rings. The van der Waals surface area contributed by atoms with Crippen molar-refractivity contribution < 1.29 is 4.79 Å². The monoisotopic (exact) mass is 510 g/mol. The van der Waals surface area contributed by atoms with Crippen LogP contribution in [-0.4, -0.2) is 21.3 Å². The Labute approximate surface area is 210 Å². The standard InChI is InChI=1S/C24H22N4OS4/c1-2-20(22(29)28-24-27-19(15-32-24)21-12-7-13-31-21)33-18-11-6-10-17(14-18)26-23(30)25-16-8-4-3-5-9-16/h3-15,20H,2H2,1H3,(H2,25,26,30)(H,27,28,29). The van der Waals surface area contributed by atoms with Gasteiger partial charge in [0.25, 0.3) is 0 Å². The molecule has 1 unspecified atom stereocenters. The van der Waals surface area contributed by atoms with Crippen LogP contribution in [0.1, 0.15) is 13.3 Å². The van der Waals surface area contributed by atoms with Crippen molar-refractivity contribution in [2.75, 3.05) is 16.0 Å². The van der Waals surface area contributed by atoms with Gasteiger partial charge in [0, 0.05) is 21.7 Å². The largest absolute Gasteiger partial charge is 0.332 e. The zero-order valence-electron chi connectivity index (χ0n) is 17.8. The first-order valence-corrected chi connectivity index (χ1v) is 13.4. The summed E-state index contributed by atoms with van der Waals surface area (Å²) >= 11 is 10.0. The zero-order chi connectivity index (χ0) is 23.0. The molecule has 3 N–H and O–H groups in total. The first-order chi connectivity index (χ1) is 16.1. The summed E-state index contributed by atoms with van der Waals surface area (Å²) in [5.41, 5.74) is 2.68. The van der Waals surface area contributed by atoms with Crippen molar-refractivity contribution in [1.29, 1.82) is 0 Å². The molecular formula is C24H22N4OS4. The number of anilines is 3. The van der Waals surface area contributed by atoms with Crippen LogP contribution < -0.4 is 16.0 Å². The van der Waals surface area contributed by atoms with Crippen LogP contribution in [0.3, 0.4) is 0 Å². The minimum Gasteiger partial charge on any atom is -0.332 e. The van der Waals surface area contributed by atoms with Gasteiger partial charge in [0.05, 0.1) is 15.8 Å². The molecular weight excluding hydrogens is 489 g/mol. The lowest BCUT2D eigenvalue weighted by Gasteiger charge is -2.15. The van der Waals surface area contributed by atoms with Gasteiger partial charge in [-0.15, -0.1) is 34.4 Å². The van der Waals surface area contributed by atoms with E-state index in [1.807, 2.05) is 84.4 Å². The van der Waals surface area contributed by atoms with E-state index in [1.165, 1.54) is 23.1 Å². The summed E-state index contributed by atoms with van der Waals surface area (Å²) in [4.78, 5) is 19.5. The van der Waals surface area contributed by atoms with Crippen molar-refractivity contribution in [2.24, 2.45) is 0 Å². The molecule has 5 nitrogen and oxygen atoms in total. The molecule has 168 valence electrons. The molecule has 0 fully saturated rings. The number of benzene rings is 2. The molecule has 0 radical (unpaired) electrons. The third kappa shape index (κ3) is 6.64. The number of thiazole rings is 1. The molecule has 2 heterocycles. The van der Waals surface area contributed by atoms with Gasteiger partial charge < -0.3 is 16.0 Å². The second kappa shape index (κ2) is 11.4. The molecule has 0 spiro atoms. The summed E-state index contributed by atoms with van der Waals surface area (Å²) in [6, 6.07) is 21.7. The Hall–Kier alpha value is -2.72. The molecule has 4 rings (SSSR count). The topological polar surface area (TPSA) is 66.0 Å². The highest BCUT2D eigenvalue weighted by molar-refractivity contribution is 8.00. The van der Waals surface area contributed by atoms with E-state index in [0.29, 0.717) is 16.7 Å². The molecule has 0 aliphatic heterocycles. The van der Waals surface area contributed by atoms with Crippen molar-refractivity contribution in [3.8, 4) is 10.6 Å². The van der Waals surface area contributed by atoms with E-state index in [1.54, 1.807) is 11.3 Å². The van der Waals surface area contributed by atoms with E-state index in [9.17, 15) is 4.79 Å². The van der Waals surface area contributed by atoms with Gasteiger partial charge in [0.2, 0.25) is 5.91 Å². The van der Waals surface area contributed by atoms with Crippen LogP contribution in [0.25, 0.3) is 10.6 Å². The molecule has 0 aliphatic carbocycles. The van der Waals surface area contributed by atoms with E-state index in [0.717, 1.165) is 26.8 Å². The predicted molar refractivity (Wildman–Crippen MR) is 147 cm³/mol. The fraction of sp³-hybridized carbons (Fsp3) is 0.125. The lowest BCUT2D eigenvalue weighted by molar-refractivity contribution is -0.115. The average molecular weight is 511 g/mol. The molecule has 9 heteroatoms. The summed E-state index contributed by atoms with van der Waals surface area (Å²) in [6.07, 6.45) is 0.700. The quantitative estimate of drug-likeness (QED) is 0.172. The minimum absolute atomic E-state index is 0.0470. The molecule has 0 bridgehead atoms. The predicted octanol–water partition coefficient (Wildman–Crippen LogP) is 7.19. The smallest absolute Gasteiger partial charge is 0.239 e. The van der Waals surface area contributed by atoms with Crippen molar-refractivity contribution in [3.05, 3.63) is 77.5 Å². The molecule has 2 aromatic heterocycles. The molecule has 2 aromatic carbocycles. The van der Waals surface area contributed by atoms with E-state index in [2.05, 4.69) is 20.9 Å². The van der Waals surface area contributed by atoms with Crippen LogP contribution >= 0.6 is 46.7 Å². The Balaban J connectivity index is 1.35. The van der Waals surface area contributed by atoms with E-state index >= 15 is 0 Å².